The molecule has 27 heavy (non-hydrogen) atoms. The van der Waals surface area contributed by atoms with E-state index in [1.807, 2.05) is 15.9 Å². The van der Waals surface area contributed by atoms with Crippen LogP contribution in [0.15, 0.2) is 24.7 Å². The van der Waals surface area contributed by atoms with E-state index in [-0.39, 0.29) is 5.82 Å². The van der Waals surface area contributed by atoms with Gasteiger partial charge >= 0.3 is 6.18 Å². The Kier molecular flexibility index (Phi) is 5.62. The third-order valence-electron chi connectivity index (χ3n) is 4.16. The molecular weight excluding hydrogens is 359 g/mol. The van der Waals surface area contributed by atoms with Crippen LogP contribution in [-0.4, -0.2) is 52.7 Å². The minimum Gasteiger partial charge on any atom is -0.370 e. The van der Waals surface area contributed by atoms with Crippen molar-refractivity contribution in [1.29, 1.82) is 0 Å². The van der Waals surface area contributed by atoms with Gasteiger partial charge in [0.15, 0.2) is 0 Å². The number of rotatable bonds is 5. The largest absolute Gasteiger partial charge is 0.433 e. The highest BCUT2D eigenvalue weighted by Gasteiger charge is 2.33. The zero-order chi connectivity index (χ0) is 19.4. The average Bonchev–Trinajstić information content (AvgIpc) is 2.66. The molecule has 2 aromatic rings. The minimum atomic E-state index is -4.48. The predicted octanol–water partition coefficient (Wildman–Crippen LogP) is 2.68. The molecule has 0 aromatic carbocycles. The summed E-state index contributed by atoms with van der Waals surface area (Å²) >= 11 is 0. The summed E-state index contributed by atoms with van der Waals surface area (Å²) in [4.78, 5) is 20.0. The van der Waals surface area contributed by atoms with E-state index in [4.69, 9.17) is 0 Å². The number of halogens is 3. The lowest BCUT2D eigenvalue weighted by Crippen LogP contribution is -2.47. The minimum absolute atomic E-state index is 0.283. The van der Waals surface area contributed by atoms with Crippen LogP contribution in [0.1, 0.15) is 19.5 Å². The molecule has 1 aliphatic heterocycles. The van der Waals surface area contributed by atoms with Gasteiger partial charge < -0.3 is 15.1 Å². The number of hydrogen-bond acceptors (Lipinski definition) is 7. The van der Waals surface area contributed by atoms with Crippen molar-refractivity contribution in [2.24, 2.45) is 5.92 Å². The van der Waals surface area contributed by atoms with Gasteiger partial charge in [0.1, 0.15) is 23.7 Å². The van der Waals surface area contributed by atoms with Gasteiger partial charge in [-0.2, -0.15) is 18.2 Å². The van der Waals surface area contributed by atoms with Crippen molar-refractivity contribution in [1.82, 2.24) is 19.9 Å². The quantitative estimate of drug-likeness (QED) is 0.854. The number of aromatic nitrogens is 4. The van der Waals surface area contributed by atoms with Gasteiger partial charge in [-0.3, -0.25) is 0 Å². The third-order valence-corrected chi connectivity index (χ3v) is 4.16. The molecule has 3 heterocycles. The molecule has 0 spiro atoms. The average molecular weight is 381 g/mol. The van der Waals surface area contributed by atoms with Gasteiger partial charge in [0.05, 0.1) is 0 Å². The molecule has 10 heteroatoms. The van der Waals surface area contributed by atoms with Crippen molar-refractivity contribution in [2.75, 3.05) is 47.8 Å². The van der Waals surface area contributed by atoms with Gasteiger partial charge in [-0.15, -0.1) is 0 Å². The molecule has 7 nitrogen and oxygen atoms in total. The molecule has 0 unspecified atom stereocenters. The Morgan fingerprint density at radius 2 is 1.78 bits per heavy atom. The summed E-state index contributed by atoms with van der Waals surface area (Å²) < 4.78 is 38.5. The fourth-order valence-corrected chi connectivity index (χ4v) is 2.72. The van der Waals surface area contributed by atoms with E-state index in [9.17, 15) is 13.2 Å². The summed E-state index contributed by atoms with van der Waals surface area (Å²) in [6, 6.07) is 2.81. The second kappa shape index (κ2) is 7.93. The molecule has 1 fully saturated rings. The normalized spacial score (nSPS) is 15.3. The highest BCUT2D eigenvalue weighted by molar-refractivity contribution is 5.45. The fourth-order valence-electron chi connectivity index (χ4n) is 2.72. The van der Waals surface area contributed by atoms with E-state index >= 15 is 0 Å². The number of nitrogens with one attached hydrogen (secondary N) is 1. The van der Waals surface area contributed by atoms with Crippen LogP contribution in [0.2, 0.25) is 0 Å². The number of piperazine rings is 1. The first-order chi connectivity index (χ1) is 12.8. The second-order valence-corrected chi connectivity index (χ2v) is 6.75. The highest BCUT2D eigenvalue weighted by atomic mass is 19.4. The molecule has 1 N–H and O–H groups in total. The maximum absolute atomic E-state index is 12.8. The topological polar surface area (TPSA) is 70.1 Å². The standard InChI is InChI=1S/C17H22F3N7/c1-12(2)10-22-14-3-4-21-16(25-14)27-7-5-26(6-8-27)15-9-13(17(18,19)20)23-11-24-15/h3-4,9,11-12H,5-8,10H2,1-2H3,(H,21,22,25). The van der Waals surface area contributed by atoms with E-state index in [0.29, 0.717) is 38.0 Å². The van der Waals surface area contributed by atoms with Gasteiger partial charge in [0.25, 0.3) is 0 Å². The summed E-state index contributed by atoms with van der Waals surface area (Å²) in [7, 11) is 0. The van der Waals surface area contributed by atoms with E-state index in [1.54, 1.807) is 6.20 Å². The number of nitrogens with zero attached hydrogens (tertiary/aromatic N) is 6. The van der Waals surface area contributed by atoms with Gasteiger partial charge in [-0.25, -0.2) is 15.0 Å². The Balaban J connectivity index is 1.63. The first-order valence-electron chi connectivity index (χ1n) is 8.79. The molecule has 2 aromatic heterocycles. The van der Waals surface area contributed by atoms with Gasteiger partial charge in [0.2, 0.25) is 5.95 Å². The molecule has 146 valence electrons. The first-order valence-corrected chi connectivity index (χ1v) is 8.79. The molecule has 0 bridgehead atoms. The van der Waals surface area contributed by atoms with Crippen LogP contribution >= 0.6 is 0 Å². The molecule has 0 radical (unpaired) electrons. The van der Waals surface area contributed by atoms with E-state index < -0.39 is 11.9 Å². The molecule has 3 rings (SSSR count). The van der Waals surface area contributed by atoms with E-state index in [1.165, 1.54) is 0 Å². The smallest absolute Gasteiger partial charge is 0.370 e. The van der Waals surface area contributed by atoms with Crippen LogP contribution in [0.5, 0.6) is 0 Å². The Hall–Kier alpha value is -2.65. The van der Waals surface area contributed by atoms with Crippen molar-refractivity contribution in [3.8, 4) is 0 Å². The summed E-state index contributed by atoms with van der Waals surface area (Å²) in [5, 5.41) is 3.27. The zero-order valence-electron chi connectivity index (χ0n) is 15.2. The Labute approximate surface area is 155 Å². The summed E-state index contributed by atoms with van der Waals surface area (Å²) in [5.41, 5.74) is -0.929. The van der Waals surface area contributed by atoms with Crippen molar-refractivity contribution < 1.29 is 13.2 Å². The van der Waals surface area contributed by atoms with Gasteiger partial charge in [0, 0.05) is 45.0 Å². The monoisotopic (exact) mass is 381 g/mol. The SMILES string of the molecule is CC(C)CNc1ccnc(N2CCN(c3cc(C(F)(F)F)ncn3)CC2)n1. The van der Waals surface area contributed by atoms with Crippen molar-refractivity contribution in [2.45, 2.75) is 20.0 Å². The van der Waals surface area contributed by atoms with Crippen molar-refractivity contribution in [3.63, 3.8) is 0 Å². The lowest BCUT2D eigenvalue weighted by atomic mass is 10.2. The first kappa shape index (κ1) is 19.1. The number of anilines is 3. The molecule has 0 atom stereocenters. The van der Waals surface area contributed by atoms with Gasteiger partial charge in [-0.1, -0.05) is 13.8 Å². The Morgan fingerprint density at radius 3 is 2.44 bits per heavy atom. The van der Waals surface area contributed by atoms with Crippen molar-refractivity contribution >= 4 is 17.6 Å². The Bertz CT molecular complexity index is 758. The zero-order valence-corrected chi connectivity index (χ0v) is 15.2. The van der Waals surface area contributed by atoms with Crippen LogP contribution in [0.4, 0.5) is 30.8 Å². The maximum Gasteiger partial charge on any atom is 0.433 e. The maximum atomic E-state index is 12.8. The van der Waals surface area contributed by atoms with Crippen LogP contribution in [-0.2, 0) is 6.18 Å². The fraction of sp³-hybridized carbons (Fsp3) is 0.529. The highest BCUT2D eigenvalue weighted by Crippen LogP contribution is 2.29. The number of hydrogen-bond donors (Lipinski definition) is 1. The second-order valence-electron chi connectivity index (χ2n) is 6.75. The summed E-state index contributed by atoms with van der Waals surface area (Å²) in [6.07, 6.45) is -1.81. The van der Waals surface area contributed by atoms with Crippen LogP contribution in [0.25, 0.3) is 0 Å². The third kappa shape index (κ3) is 4.95. The predicted molar refractivity (Wildman–Crippen MR) is 96.8 cm³/mol. The molecule has 1 aliphatic rings. The van der Waals surface area contributed by atoms with Crippen LogP contribution in [0, 0.1) is 5.92 Å². The molecule has 1 saturated heterocycles. The van der Waals surface area contributed by atoms with Gasteiger partial charge in [-0.05, 0) is 12.0 Å². The van der Waals surface area contributed by atoms with Crippen LogP contribution < -0.4 is 15.1 Å². The molecule has 0 aliphatic carbocycles. The lowest BCUT2D eigenvalue weighted by molar-refractivity contribution is -0.141. The van der Waals surface area contributed by atoms with E-state index in [0.717, 1.165) is 24.8 Å². The van der Waals surface area contributed by atoms with E-state index in [2.05, 4.69) is 39.1 Å². The Morgan fingerprint density at radius 1 is 1.07 bits per heavy atom. The molecule has 0 saturated carbocycles. The van der Waals surface area contributed by atoms with Crippen LogP contribution in [0.3, 0.4) is 0 Å². The number of alkyl halides is 3. The summed E-state index contributed by atoms with van der Waals surface area (Å²) in [5.74, 6) is 2.16. The lowest BCUT2D eigenvalue weighted by Gasteiger charge is -2.35. The van der Waals surface area contributed by atoms with Crippen molar-refractivity contribution in [3.05, 3.63) is 30.4 Å². The molecular formula is C17H22F3N7. The molecule has 0 amide bonds. The summed E-state index contributed by atoms with van der Waals surface area (Å²) in [6.45, 7) is 7.30.